The van der Waals surface area contributed by atoms with Crippen molar-refractivity contribution in [3.8, 4) is 0 Å². The average Bonchev–Trinajstić information content (AvgIpc) is 2.74. The van der Waals surface area contributed by atoms with Crippen LogP contribution in [0.2, 0.25) is 0 Å². The first kappa shape index (κ1) is 22.4. The van der Waals surface area contributed by atoms with Gasteiger partial charge in [0.1, 0.15) is 5.82 Å². The van der Waals surface area contributed by atoms with Crippen molar-refractivity contribution in [2.24, 2.45) is 0 Å². The van der Waals surface area contributed by atoms with Crippen LogP contribution in [-0.2, 0) is 10.0 Å². The highest BCUT2D eigenvalue weighted by Gasteiger charge is 2.27. The van der Waals surface area contributed by atoms with Gasteiger partial charge in [-0.3, -0.25) is 4.79 Å². The van der Waals surface area contributed by atoms with E-state index in [4.69, 9.17) is 0 Å². The summed E-state index contributed by atoms with van der Waals surface area (Å²) in [6.45, 7) is 1.78. The van der Waals surface area contributed by atoms with Gasteiger partial charge >= 0.3 is 0 Å². The number of rotatable bonds is 8. The van der Waals surface area contributed by atoms with Gasteiger partial charge in [-0.2, -0.15) is 13.1 Å². The third kappa shape index (κ3) is 6.13. The molecule has 2 aromatic rings. The number of hydrogen-bond donors (Lipinski definition) is 1. The Labute approximate surface area is 178 Å². The molecule has 0 saturated carbocycles. The van der Waals surface area contributed by atoms with Gasteiger partial charge in [-0.1, -0.05) is 17.8 Å². The number of nitrogens with zero attached hydrogens (tertiary/aromatic N) is 3. The topological polar surface area (TPSA) is 82.6 Å². The molecule has 0 spiro atoms. The maximum atomic E-state index is 12.6. The summed E-state index contributed by atoms with van der Waals surface area (Å²) < 4.78 is 51.2. The summed E-state index contributed by atoms with van der Waals surface area (Å²) in [6, 6.07) is 11.3. The van der Waals surface area contributed by atoms with E-state index in [2.05, 4.69) is 10.3 Å². The van der Waals surface area contributed by atoms with Gasteiger partial charge in [0, 0.05) is 49.4 Å². The molecule has 0 unspecified atom stereocenters. The molecular weight excluding hydrogens is 434 g/mol. The Morgan fingerprint density at radius 3 is 2.40 bits per heavy atom. The van der Waals surface area contributed by atoms with E-state index in [1.165, 1.54) is 28.6 Å². The first-order chi connectivity index (χ1) is 14.3. The molecule has 1 saturated heterocycles. The second-order valence-corrected chi connectivity index (χ2v) is 9.70. The SMILES string of the molecule is O=C(NCCS(=O)(=O)N1CCN(c2ccccn2)CC1)c1ccc(SC(F)F)cc1. The second kappa shape index (κ2) is 10.2. The van der Waals surface area contributed by atoms with Crippen LogP contribution >= 0.6 is 11.8 Å². The lowest BCUT2D eigenvalue weighted by atomic mass is 10.2. The maximum absolute atomic E-state index is 12.6. The minimum absolute atomic E-state index is 0.0326. The fourth-order valence-electron chi connectivity index (χ4n) is 3.05. The van der Waals surface area contributed by atoms with Crippen molar-refractivity contribution in [2.75, 3.05) is 43.4 Å². The first-order valence-electron chi connectivity index (χ1n) is 9.32. The molecule has 1 N–H and O–H groups in total. The molecule has 0 bridgehead atoms. The summed E-state index contributed by atoms with van der Waals surface area (Å²) in [4.78, 5) is 18.8. The number of anilines is 1. The highest BCUT2D eigenvalue weighted by atomic mass is 32.2. The number of carbonyl (C=O) groups is 1. The molecule has 0 atom stereocenters. The predicted molar refractivity (Wildman–Crippen MR) is 112 cm³/mol. The number of aromatic nitrogens is 1. The molecule has 11 heteroatoms. The smallest absolute Gasteiger partial charge is 0.288 e. The summed E-state index contributed by atoms with van der Waals surface area (Å²) in [7, 11) is -3.50. The van der Waals surface area contributed by atoms with E-state index >= 15 is 0 Å². The highest BCUT2D eigenvalue weighted by molar-refractivity contribution is 7.99. The van der Waals surface area contributed by atoms with Crippen molar-refractivity contribution in [3.63, 3.8) is 0 Å². The van der Waals surface area contributed by atoms with Crippen LogP contribution in [0, 0.1) is 0 Å². The molecule has 162 valence electrons. The van der Waals surface area contributed by atoms with Crippen molar-refractivity contribution in [3.05, 3.63) is 54.2 Å². The molecule has 3 rings (SSSR count). The van der Waals surface area contributed by atoms with Crippen molar-refractivity contribution in [2.45, 2.75) is 10.7 Å². The Hall–Kier alpha value is -2.24. The van der Waals surface area contributed by atoms with E-state index in [0.717, 1.165) is 5.82 Å². The summed E-state index contributed by atoms with van der Waals surface area (Å²) in [5.41, 5.74) is 0.287. The van der Waals surface area contributed by atoms with Gasteiger partial charge in [-0.25, -0.2) is 13.4 Å². The van der Waals surface area contributed by atoms with Crippen LogP contribution in [0.4, 0.5) is 14.6 Å². The molecule has 2 heterocycles. The normalized spacial score (nSPS) is 15.4. The van der Waals surface area contributed by atoms with Gasteiger partial charge in [0.05, 0.1) is 5.75 Å². The lowest BCUT2D eigenvalue weighted by molar-refractivity contribution is 0.0956. The van der Waals surface area contributed by atoms with Gasteiger partial charge < -0.3 is 10.2 Å². The Balaban J connectivity index is 1.45. The number of piperazine rings is 1. The molecule has 30 heavy (non-hydrogen) atoms. The summed E-state index contributed by atoms with van der Waals surface area (Å²) in [5, 5.41) is 2.57. The third-order valence-corrected chi connectivity index (χ3v) is 7.19. The molecule has 1 aliphatic rings. The number of amides is 1. The molecule has 1 aliphatic heterocycles. The molecule has 1 amide bonds. The van der Waals surface area contributed by atoms with Gasteiger partial charge in [-0.15, -0.1) is 0 Å². The lowest BCUT2D eigenvalue weighted by Gasteiger charge is -2.34. The number of halogens is 2. The zero-order valence-electron chi connectivity index (χ0n) is 16.1. The molecular formula is C19H22F2N4O3S2. The van der Waals surface area contributed by atoms with E-state index in [1.54, 1.807) is 6.20 Å². The Morgan fingerprint density at radius 2 is 1.80 bits per heavy atom. The van der Waals surface area contributed by atoms with Crippen LogP contribution in [0.5, 0.6) is 0 Å². The lowest BCUT2D eigenvalue weighted by Crippen LogP contribution is -2.50. The summed E-state index contributed by atoms with van der Waals surface area (Å²) >= 11 is 0.397. The molecule has 7 nitrogen and oxygen atoms in total. The van der Waals surface area contributed by atoms with Crippen molar-refractivity contribution < 1.29 is 22.0 Å². The number of alkyl halides is 2. The Bertz CT molecular complexity index is 936. The van der Waals surface area contributed by atoms with E-state index in [1.807, 2.05) is 23.1 Å². The number of nitrogens with one attached hydrogen (secondary N) is 1. The van der Waals surface area contributed by atoms with Crippen molar-refractivity contribution in [1.29, 1.82) is 0 Å². The molecule has 1 aromatic heterocycles. The van der Waals surface area contributed by atoms with E-state index < -0.39 is 21.7 Å². The monoisotopic (exact) mass is 456 g/mol. The summed E-state index contributed by atoms with van der Waals surface area (Å²) in [5.74, 6) is -2.36. The van der Waals surface area contributed by atoms with Crippen LogP contribution in [0.15, 0.2) is 53.6 Å². The third-order valence-electron chi connectivity index (χ3n) is 4.59. The van der Waals surface area contributed by atoms with Crippen molar-refractivity contribution in [1.82, 2.24) is 14.6 Å². The number of sulfonamides is 1. The fourth-order valence-corrected chi connectivity index (χ4v) is 4.89. The molecule has 1 aromatic carbocycles. The number of benzene rings is 1. The number of pyridine rings is 1. The number of hydrogen-bond acceptors (Lipinski definition) is 6. The molecule has 1 fully saturated rings. The Morgan fingerprint density at radius 1 is 1.10 bits per heavy atom. The molecule has 0 aliphatic carbocycles. The zero-order valence-corrected chi connectivity index (χ0v) is 17.7. The average molecular weight is 457 g/mol. The van der Waals surface area contributed by atoms with E-state index in [-0.39, 0.29) is 17.9 Å². The van der Waals surface area contributed by atoms with Gasteiger partial charge in [-0.05, 0) is 36.4 Å². The van der Waals surface area contributed by atoms with Crippen LogP contribution in [0.25, 0.3) is 0 Å². The van der Waals surface area contributed by atoms with Gasteiger partial charge in [0.15, 0.2) is 0 Å². The van der Waals surface area contributed by atoms with Crippen molar-refractivity contribution >= 4 is 33.5 Å². The molecule has 0 radical (unpaired) electrons. The highest BCUT2D eigenvalue weighted by Crippen LogP contribution is 2.25. The Kier molecular flexibility index (Phi) is 7.62. The summed E-state index contributed by atoms with van der Waals surface area (Å²) in [6.07, 6.45) is 1.70. The van der Waals surface area contributed by atoms with Crippen LogP contribution in [0.1, 0.15) is 10.4 Å². The largest absolute Gasteiger partial charge is 0.354 e. The number of carbonyl (C=O) groups excluding carboxylic acids is 1. The minimum Gasteiger partial charge on any atom is -0.354 e. The zero-order chi connectivity index (χ0) is 21.6. The van der Waals surface area contributed by atoms with Crippen LogP contribution in [0.3, 0.4) is 0 Å². The van der Waals surface area contributed by atoms with E-state index in [0.29, 0.717) is 42.8 Å². The standard InChI is InChI=1S/C19H22F2N4O3S2/c20-19(21)29-16-6-4-15(5-7-16)18(26)23-9-14-30(27,28)25-12-10-24(11-13-25)17-3-1-2-8-22-17/h1-8,19H,9-14H2,(H,23,26). The van der Waals surface area contributed by atoms with Gasteiger partial charge in [0.25, 0.3) is 11.7 Å². The predicted octanol–water partition coefficient (Wildman–Crippen LogP) is 2.28. The second-order valence-electron chi connectivity index (χ2n) is 6.55. The van der Waals surface area contributed by atoms with Crippen LogP contribution in [-0.4, -0.2) is 67.8 Å². The van der Waals surface area contributed by atoms with Crippen LogP contribution < -0.4 is 10.2 Å². The minimum atomic E-state index is -3.50. The van der Waals surface area contributed by atoms with Gasteiger partial charge in [0.2, 0.25) is 10.0 Å². The number of thioether (sulfide) groups is 1. The first-order valence-corrected chi connectivity index (χ1v) is 11.8. The fraction of sp³-hybridized carbons (Fsp3) is 0.368. The maximum Gasteiger partial charge on any atom is 0.288 e. The van der Waals surface area contributed by atoms with E-state index in [9.17, 15) is 22.0 Å². The quantitative estimate of drug-likeness (QED) is 0.614.